The fraction of sp³-hybridized carbons (Fsp3) is 0.263. The maximum Gasteiger partial charge on any atom is 0.276 e. The van der Waals surface area contributed by atoms with Crippen molar-refractivity contribution >= 4 is 34.8 Å². The number of nitrogens with one attached hydrogen (secondary N) is 2. The zero-order valence-electron chi connectivity index (χ0n) is 15.9. The first kappa shape index (κ1) is 19.6. The summed E-state index contributed by atoms with van der Waals surface area (Å²) in [5.74, 6) is -0.470. The molecule has 0 aliphatic heterocycles. The molecule has 2 N–H and O–H groups in total. The summed E-state index contributed by atoms with van der Waals surface area (Å²) in [6, 6.07) is 8.58. The first-order valence-corrected chi connectivity index (χ1v) is 9.11. The first-order valence-electron chi connectivity index (χ1n) is 8.74. The van der Waals surface area contributed by atoms with Crippen molar-refractivity contribution in [2.45, 2.75) is 26.8 Å². The van der Waals surface area contributed by atoms with Crippen LogP contribution >= 0.6 is 11.6 Å². The van der Waals surface area contributed by atoms with Gasteiger partial charge in [0.25, 0.3) is 5.91 Å². The van der Waals surface area contributed by atoms with Crippen molar-refractivity contribution in [1.82, 2.24) is 19.6 Å². The van der Waals surface area contributed by atoms with Gasteiger partial charge in [0, 0.05) is 31.0 Å². The zero-order chi connectivity index (χ0) is 20.3. The van der Waals surface area contributed by atoms with Gasteiger partial charge in [-0.2, -0.15) is 10.2 Å². The van der Waals surface area contributed by atoms with Crippen molar-refractivity contribution in [3.63, 3.8) is 0 Å². The van der Waals surface area contributed by atoms with Crippen LogP contribution in [0.5, 0.6) is 0 Å². The summed E-state index contributed by atoms with van der Waals surface area (Å²) in [6.45, 7) is 4.13. The fourth-order valence-corrected chi connectivity index (χ4v) is 2.87. The Morgan fingerprint density at radius 1 is 1.11 bits per heavy atom. The van der Waals surface area contributed by atoms with Crippen molar-refractivity contribution in [2.24, 2.45) is 7.05 Å². The summed E-state index contributed by atoms with van der Waals surface area (Å²) in [5, 5.41) is 14.6. The molecule has 146 valence electrons. The molecule has 2 amide bonds. The number of halogens is 1. The molecule has 0 saturated carbocycles. The summed E-state index contributed by atoms with van der Waals surface area (Å²) in [6.07, 6.45) is 1.95. The van der Waals surface area contributed by atoms with E-state index in [0.717, 1.165) is 11.4 Å². The molecule has 28 heavy (non-hydrogen) atoms. The number of carbonyl (C=O) groups is 2. The number of rotatable bonds is 6. The fourth-order valence-electron chi connectivity index (χ4n) is 2.73. The largest absolute Gasteiger partial charge is 0.326 e. The van der Waals surface area contributed by atoms with Gasteiger partial charge in [-0.3, -0.25) is 19.0 Å². The van der Waals surface area contributed by atoms with E-state index >= 15 is 0 Å². The molecule has 2 aromatic heterocycles. The average Bonchev–Trinajstić information content (AvgIpc) is 3.19. The van der Waals surface area contributed by atoms with E-state index in [-0.39, 0.29) is 18.2 Å². The number of anilines is 2. The molecule has 0 aliphatic carbocycles. The summed E-state index contributed by atoms with van der Waals surface area (Å²) in [5.41, 5.74) is 3.07. The zero-order valence-corrected chi connectivity index (χ0v) is 16.6. The minimum absolute atomic E-state index is 0.156. The molecule has 0 atom stereocenters. The van der Waals surface area contributed by atoms with Crippen LogP contribution in [-0.4, -0.2) is 31.4 Å². The van der Waals surface area contributed by atoms with Gasteiger partial charge in [0.15, 0.2) is 5.69 Å². The van der Waals surface area contributed by atoms with E-state index in [1.807, 2.05) is 13.8 Å². The molecule has 3 aromatic rings. The van der Waals surface area contributed by atoms with E-state index < -0.39 is 0 Å². The third-order valence-electron chi connectivity index (χ3n) is 4.19. The third kappa shape index (κ3) is 4.58. The molecule has 3 rings (SSSR count). The summed E-state index contributed by atoms with van der Waals surface area (Å²) >= 11 is 6.12. The van der Waals surface area contributed by atoms with Crippen molar-refractivity contribution < 1.29 is 9.59 Å². The molecule has 0 unspecified atom stereocenters. The highest BCUT2D eigenvalue weighted by molar-refractivity contribution is 6.31. The highest BCUT2D eigenvalue weighted by atomic mass is 35.5. The normalized spacial score (nSPS) is 10.7. The summed E-state index contributed by atoms with van der Waals surface area (Å²) in [7, 11) is 1.74. The quantitative estimate of drug-likeness (QED) is 0.664. The number of benzene rings is 1. The SMILES string of the molecule is Cc1nn(CCC(=O)Nc2cccc(NC(=O)c3ccn(C)n3)c2)c(C)c1Cl. The van der Waals surface area contributed by atoms with E-state index in [9.17, 15) is 9.59 Å². The second-order valence-electron chi connectivity index (χ2n) is 6.42. The molecule has 2 heterocycles. The van der Waals surface area contributed by atoms with Gasteiger partial charge < -0.3 is 10.6 Å². The molecule has 1 aromatic carbocycles. The Labute approximate surface area is 167 Å². The Balaban J connectivity index is 1.58. The lowest BCUT2D eigenvalue weighted by Crippen LogP contribution is -2.16. The molecule has 9 heteroatoms. The maximum atomic E-state index is 12.3. The Kier molecular flexibility index (Phi) is 5.79. The summed E-state index contributed by atoms with van der Waals surface area (Å²) < 4.78 is 3.28. The van der Waals surface area contributed by atoms with Gasteiger partial charge in [0.05, 0.1) is 23.0 Å². The van der Waals surface area contributed by atoms with Crippen LogP contribution in [0.15, 0.2) is 36.5 Å². The van der Waals surface area contributed by atoms with Crippen LogP contribution in [-0.2, 0) is 18.4 Å². The minimum atomic E-state index is -0.314. The van der Waals surface area contributed by atoms with Crippen molar-refractivity contribution in [2.75, 3.05) is 10.6 Å². The van der Waals surface area contributed by atoms with Crippen LogP contribution in [0.25, 0.3) is 0 Å². The van der Waals surface area contributed by atoms with Gasteiger partial charge in [0.1, 0.15) is 0 Å². The molecular formula is C19H21ClN6O2. The van der Waals surface area contributed by atoms with Gasteiger partial charge in [-0.15, -0.1) is 0 Å². The Morgan fingerprint density at radius 2 is 1.82 bits per heavy atom. The predicted octanol–water partition coefficient (Wildman–Crippen LogP) is 3.17. The molecule has 0 fully saturated rings. The molecule has 0 bridgehead atoms. The van der Waals surface area contributed by atoms with E-state index in [0.29, 0.717) is 28.6 Å². The van der Waals surface area contributed by atoms with Crippen LogP contribution in [0.4, 0.5) is 11.4 Å². The highest BCUT2D eigenvalue weighted by Gasteiger charge is 2.12. The van der Waals surface area contributed by atoms with Crippen LogP contribution in [0.2, 0.25) is 5.02 Å². The lowest BCUT2D eigenvalue weighted by molar-refractivity contribution is -0.116. The van der Waals surface area contributed by atoms with Crippen molar-refractivity contribution in [3.05, 3.63) is 58.6 Å². The number of aromatic nitrogens is 4. The smallest absolute Gasteiger partial charge is 0.276 e. The topological polar surface area (TPSA) is 93.8 Å². The number of hydrogen-bond donors (Lipinski definition) is 2. The lowest BCUT2D eigenvalue weighted by Gasteiger charge is -2.09. The lowest BCUT2D eigenvalue weighted by atomic mass is 10.2. The second kappa shape index (κ2) is 8.26. The van der Waals surface area contributed by atoms with Gasteiger partial charge in [-0.1, -0.05) is 17.7 Å². The predicted molar refractivity (Wildman–Crippen MR) is 108 cm³/mol. The van der Waals surface area contributed by atoms with E-state index in [2.05, 4.69) is 20.8 Å². The third-order valence-corrected chi connectivity index (χ3v) is 4.74. The van der Waals surface area contributed by atoms with Crippen LogP contribution < -0.4 is 10.6 Å². The Morgan fingerprint density at radius 3 is 2.43 bits per heavy atom. The number of nitrogens with zero attached hydrogens (tertiary/aromatic N) is 4. The van der Waals surface area contributed by atoms with Crippen molar-refractivity contribution in [1.29, 1.82) is 0 Å². The van der Waals surface area contributed by atoms with Crippen LogP contribution in [0.1, 0.15) is 28.3 Å². The molecule has 8 nitrogen and oxygen atoms in total. The standard InChI is InChI=1S/C19H21ClN6O2/c1-12-18(20)13(2)26(23-12)10-8-17(27)21-14-5-4-6-15(11-14)22-19(28)16-7-9-25(3)24-16/h4-7,9,11H,8,10H2,1-3H3,(H,21,27)(H,22,28). The first-order chi connectivity index (χ1) is 13.3. The van der Waals surface area contributed by atoms with Crippen molar-refractivity contribution in [3.8, 4) is 0 Å². The molecule has 0 spiro atoms. The number of hydrogen-bond acceptors (Lipinski definition) is 4. The average molecular weight is 401 g/mol. The minimum Gasteiger partial charge on any atom is -0.326 e. The second-order valence-corrected chi connectivity index (χ2v) is 6.79. The highest BCUT2D eigenvalue weighted by Crippen LogP contribution is 2.19. The Hall–Kier alpha value is -3.13. The number of amides is 2. The van der Waals surface area contributed by atoms with Gasteiger partial charge >= 0.3 is 0 Å². The molecule has 0 saturated heterocycles. The number of carbonyl (C=O) groups excluding carboxylic acids is 2. The molecule has 0 radical (unpaired) electrons. The van der Waals surface area contributed by atoms with Gasteiger partial charge in [-0.25, -0.2) is 0 Å². The van der Waals surface area contributed by atoms with E-state index in [1.54, 1.807) is 52.9 Å². The van der Waals surface area contributed by atoms with E-state index in [4.69, 9.17) is 11.6 Å². The van der Waals surface area contributed by atoms with Gasteiger partial charge in [-0.05, 0) is 38.1 Å². The monoisotopic (exact) mass is 400 g/mol. The van der Waals surface area contributed by atoms with Gasteiger partial charge in [0.2, 0.25) is 5.91 Å². The van der Waals surface area contributed by atoms with E-state index in [1.165, 1.54) is 0 Å². The van der Waals surface area contributed by atoms with Crippen LogP contribution in [0.3, 0.4) is 0 Å². The summed E-state index contributed by atoms with van der Waals surface area (Å²) in [4.78, 5) is 24.4. The maximum absolute atomic E-state index is 12.3. The Bertz CT molecular complexity index is 1020. The van der Waals surface area contributed by atoms with Crippen LogP contribution in [0, 0.1) is 13.8 Å². The molecular weight excluding hydrogens is 380 g/mol. The number of aryl methyl sites for hydroxylation is 3. The molecule has 0 aliphatic rings.